The van der Waals surface area contributed by atoms with Crippen molar-refractivity contribution < 1.29 is 17.9 Å². The number of amides is 2. The SMILES string of the molecule is CS(=O)(=O)c1ccc(CNC(=O)NC2CCOC2)cc1. The Kier molecular flexibility index (Phi) is 4.61. The number of hydrogen-bond donors (Lipinski definition) is 2. The lowest BCUT2D eigenvalue weighted by Crippen LogP contribution is -2.42. The average Bonchev–Trinajstić information content (AvgIpc) is 2.88. The number of hydrogen-bond acceptors (Lipinski definition) is 4. The highest BCUT2D eigenvalue weighted by atomic mass is 32.2. The van der Waals surface area contributed by atoms with Crippen LogP contribution in [0.15, 0.2) is 29.2 Å². The van der Waals surface area contributed by atoms with Gasteiger partial charge < -0.3 is 15.4 Å². The molecule has 1 saturated heterocycles. The summed E-state index contributed by atoms with van der Waals surface area (Å²) in [6.45, 7) is 1.58. The van der Waals surface area contributed by atoms with Crippen molar-refractivity contribution in [2.75, 3.05) is 19.5 Å². The number of carbonyl (C=O) groups is 1. The van der Waals surface area contributed by atoms with Crippen molar-refractivity contribution >= 4 is 15.9 Å². The summed E-state index contributed by atoms with van der Waals surface area (Å²) in [6.07, 6.45) is 1.99. The second kappa shape index (κ2) is 6.23. The Morgan fingerprint density at radius 3 is 2.60 bits per heavy atom. The summed E-state index contributed by atoms with van der Waals surface area (Å²) in [6, 6.07) is 6.28. The molecule has 1 fully saturated rings. The van der Waals surface area contributed by atoms with Crippen LogP contribution in [0.4, 0.5) is 4.79 Å². The van der Waals surface area contributed by atoms with Crippen LogP contribution >= 0.6 is 0 Å². The lowest BCUT2D eigenvalue weighted by Gasteiger charge is -2.12. The third kappa shape index (κ3) is 4.21. The van der Waals surface area contributed by atoms with Crippen LogP contribution in [0.2, 0.25) is 0 Å². The molecule has 0 radical (unpaired) electrons. The van der Waals surface area contributed by atoms with E-state index < -0.39 is 9.84 Å². The Morgan fingerprint density at radius 2 is 2.05 bits per heavy atom. The normalized spacial score (nSPS) is 18.8. The molecule has 0 spiro atoms. The summed E-state index contributed by atoms with van der Waals surface area (Å²) in [5, 5.41) is 5.54. The van der Waals surface area contributed by atoms with Gasteiger partial charge in [-0.2, -0.15) is 0 Å². The lowest BCUT2D eigenvalue weighted by atomic mass is 10.2. The average molecular weight is 298 g/mol. The molecule has 1 aromatic rings. The molecule has 0 aromatic heterocycles. The summed E-state index contributed by atoms with van der Waals surface area (Å²) in [5.74, 6) is 0. The van der Waals surface area contributed by atoms with E-state index in [-0.39, 0.29) is 17.0 Å². The maximum Gasteiger partial charge on any atom is 0.315 e. The van der Waals surface area contributed by atoms with Crippen molar-refractivity contribution in [3.05, 3.63) is 29.8 Å². The van der Waals surface area contributed by atoms with Gasteiger partial charge in [-0.1, -0.05) is 12.1 Å². The Morgan fingerprint density at radius 1 is 1.35 bits per heavy atom. The number of carbonyl (C=O) groups excluding carboxylic acids is 1. The first-order chi connectivity index (χ1) is 9.45. The first kappa shape index (κ1) is 14.8. The van der Waals surface area contributed by atoms with E-state index in [9.17, 15) is 13.2 Å². The fraction of sp³-hybridized carbons (Fsp3) is 0.462. The fourth-order valence-corrected chi connectivity index (χ4v) is 2.55. The Balaban J connectivity index is 1.83. The second-order valence-corrected chi connectivity index (χ2v) is 6.82. The van der Waals surface area contributed by atoms with E-state index in [0.29, 0.717) is 19.8 Å². The standard InChI is InChI=1S/C13H18N2O4S/c1-20(17,18)12-4-2-10(3-5-12)8-14-13(16)15-11-6-7-19-9-11/h2-5,11H,6-9H2,1H3,(H2,14,15,16). The van der Waals surface area contributed by atoms with Crippen molar-refractivity contribution in [3.8, 4) is 0 Å². The van der Waals surface area contributed by atoms with Gasteiger partial charge in [0.25, 0.3) is 0 Å². The molecule has 7 heteroatoms. The highest BCUT2D eigenvalue weighted by Crippen LogP contribution is 2.10. The van der Waals surface area contributed by atoms with Crippen molar-refractivity contribution in [1.29, 1.82) is 0 Å². The quantitative estimate of drug-likeness (QED) is 0.856. The second-order valence-electron chi connectivity index (χ2n) is 4.80. The zero-order chi connectivity index (χ0) is 14.6. The Labute approximate surface area is 118 Å². The number of nitrogens with one attached hydrogen (secondary N) is 2. The van der Waals surface area contributed by atoms with Gasteiger partial charge in [0.1, 0.15) is 0 Å². The van der Waals surface area contributed by atoms with Crippen LogP contribution < -0.4 is 10.6 Å². The van der Waals surface area contributed by atoms with Crippen molar-refractivity contribution in [1.82, 2.24) is 10.6 Å². The van der Waals surface area contributed by atoms with Crippen molar-refractivity contribution in [2.45, 2.75) is 23.9 Å². The van der Waals surface area contributed by atoms with E-state index in [0.717, 1.165) is 18.2 Å². The molecule has 1 aliphatic heterocycles. The number of ether oxygens (including phenoxy) is 1. The van der Waals surface area contributed by atoms with Crippen LogP contribution in [0.3, 0.4) is 0 Å². The molecule has 0 saturated carbocycles. The first-order valence-electron chi connectivity index (χ1n) is 6.36. The molecule has 1 atom stereocenters. The molecule has 1 aliphatic rings. The van der Waals surface area contributed by atoms with E-state index in [2.05, 4.69) is 10.6 Å². The van der Waals surface area contributed by atoms with Crippen molar-refractivity contribution in [2.24, 2.45) is 0 Å². The minimum Gasteiger partial charge on any atom is -0.379 e. The Bertz CT molecular complexity index is 563. The molecule has 110 valence electrons. The Hall–Kier alpha value is -1.60. The highest BCUT2D eigenvalue weighted by molar-refractivity contribution is 7.90. The lowest BCUT2D eigenvalue weighted by molar-refractivity contribution is 0.188. The monoisotopic (exact) mass is 298 g/mol. The maximum absolute atomic E-state index is 11.6. The molecule has 2 amide bonds. The number of urea groups is 1. The molecule has 6 nitrogen and oxygen atoms in total. The number of rotatable bonds is 4. The summed E-state index contributed by atoms with van der Waals surface area (Å²) < 4.78 is 27.8. The largest absolute Gasteiger partial charge is 0.379 e. The smallest absolute Gasteiger partial charge is 0.315 e. The fourth-order valence-electron chi connectivity index (χ4n) is 1.92. The van der Waals surface area contributed by atoms with E-state index in [1.54, 1.807) is 12.1 Å². The van der Waals surface area contributed by atoms with Crippen LogP contribution in [0.5, 0.6) is 0 Å². The topological polar surface area (TPSA) is 84.5 Å². The van der Waals surface area contributed by atoms with E-state index in [1.165, 1.54) is 12.1 Å². The van der Waals surface area contributed by atoms with Crippen LogP contribution in [-0.2, 0) is 21.1 Å². The van der Waals surface area contributed by atoms with E-state index in [4.69, 9.17) is 4.74 Å². The third-order valence-electron chi connectivity index (χ3n) is 3.07. The number of sulfone groups is 1. The van der Waals surface area contributed by atoms with Gasteiger partial charge in [0.15, 0.2) is 9.84 Å². The predicted molar refractivity (Wildman–Crippen MR) is 74.1 cm³/mol. The molecular weight excluding hydrogens is 280 g/mol. The van der Waals surface area contributed by atoms with Gasteiger partial charge in [-0.15, -0.1) is 0 Å². The van der Waals surface area contributed by atoms with E-state index in [1.807, 2.05) is 0 Å². The zero-order valence-electron chi connectivity index (χ0n) is 11.3. The van der Waals surface area contributed by atoms with E-state index >= 15 is 0 Å². The maximum atomic E-state index is 11.6. The molecule has 1 aromatic carbocycles. The summed E-state index contributed by atoms with van der Waals surface area (Å²) >= 11 is 0. The molecule has 0 bridgehead atoms. The molecule has 1 heterocycles. The van der Waals surface area contributed by atoms with Gasteiger partial charge in [0, 0.05) is 19.4 Å². The molecule has 2 N–H and O–H groups in total. The van der Waals surface area contributed by atoms with Crippen LogP contribution in [0, 0.1) is 0 Å². The third-order valence-corrected chi connectivity index (χ3v) is 4.20. The first-order valence-corrected chi connectivity index (χ1v) is 8.25. The highest BCUT2D eigenvalue weighted by Gasteiger charge is 2.17. The van der Waals surface area contributed by atoms with Crippen LogP contribution in [-0.4, -0.2) is 40.0 Å². The summed E-state index contributed by atoms with van der Waals surface area (Å²) in [5.41, 5.74) is 0.843. The minimum absolute atomic E-state index is 0.0719. The van der Waals surface area contributed by atoms with Gasteiger partial charge in [-0.25, -0.2) is 13.2 Å². The molecular formula is C13H18N2O4S. The van der Waals surface area contributed by atoms with Gasteiger partial charge >= 0.3 is 6.03 Å². The van der Waals surface area contributed by atoms with Gasteiger partial charge in [0.05, 0.1) is 17.5 Å². The van der Waals surface area contributed by atoms with Gasteiger partial charge in [0.2, 0.25) is 0 Å². The van der Waals surface area contributed by atoms with Crippen LogP contribution in [0.25, 0.3) is 0 Å². The minimum atomic E-state index is -3.18. The summed E-state index contributed by atoms with van der Waals surface area (Å²) in [7, 11) is -3.18. The van der Waals surface area contributed by atoms with Crippen LogP contribution in [0.1, 0.15) is 12.0 Å². The summed E-state index contributed by atoms with van der Waals surface area (Å²) in [4.78, 5) is 11.9. The number of benzene rings is 1. The van der Waals surface area contributed by atoms with Gasteiger partial charge in [-0.3, -0.25) is 0 Å². The molecule has 1 unspecified atom stereocenters. The molecule has 2 rings (SSSR count). The predicted octanol–water partition coefficient (Wildman–Crippen LogP) is 0.678. The molecule has 20 heavy (non-hydrogen) atoms. The van der Waals surface area contributed by atoms with Gasteiger partial charge in [-0.05, 0) is 24.1 Å². The zero-order valence-corrected chi connectivity index (χ0v) is 12.1. The molecule has 0 aliphatic carbocycles. The van der Waals surface area contributed by atoms with Crippen molar-refractivity contribution in [3.63, 3.8) is 0 Å².